The van der Waals surface area contributed by atoms with Crippen molar-refractivity contribution in [3.63, 3.8) is 0 Å². The first-order chi connectivity index (χ1) is 8.08. The molecule has 88 valence electrons. The number of aliphatic hydroxyl groups excluding tert-OH is 1. The molecule has 0 saturated heterocycles. The van der Waals surface area contributed by atoms with Crippen molar-refractivity contribution < 1.29 is 5.11 Å². The highest BCUT2D eigenvalue weighted by Crippen LogP contribution is 2.29. The zero-order valence-electron chi connectivity index (χ0n) is 8.57. The van der Waals surface area contributed by atoms with Crippen molar-refractivity contribution in [3.8, 4) is 0 Å². The first-order valence-corrected chi connectivity index (χ1v) is 6.37. The summed E-state index contributed by atoms with van der Waals surface area (Å²) in [6, 6.07) is 8.53. The van der Waals surface area contributed by atoms with Gasteiger partial charge in [0, 0.05) is 26.3 Å². The predicted molar refractivity (Wildman–Crippen MR) is 72.5 cm³/mol. The van der Waals surface area contributed by atoms with Crippen molar-refractivity contribution in [2.75, 3.05) is 0 Å². The van der Waals surface area contributed by atoms with Crippen LogP contribution < -0.4 is 0 Å². The van der Waals surface area contributed by atoms with Crippen LogP contribution in [0.1, 0.15) is 17.4 Å². The average Bonchev–Trinajstić information content (AvgIpc) is 2.29. The number of halogens is 3. The maximum atomic E-state index is 10.1. The quantitative estimate of drug-likeness (QED) is 0.892. The van der Waals surface area contributed by atoms with Crippen LogP contribution in [-0.4, -0.2) is 10.1 Å². The smallest absolute Gasteiger partial charge is 0.122 e. The van der Waals surface area contributed by atoms with Gasteiger partial charge in [-0.05, 0) is 40.2 Å². The molecule has 0 fully saturated rings. The molecule has 0 aliphatic heterocycles. The van der Waals surface area contributed by atoms with Gasteiger partial charge in [0.25, 0.3) is 0 Å². The monoisotopic (exact) mass is 331 g/mol. The Labute approximate surface area is 117 Å². The van der Waals surface area contributed by atoms with Crippen molar-refractivity contribution >= 4 is 39.1 Å². The highest BCUT2D eigenvalue weighted by molar-refractivity contribution is 9.10. The van der Waals surface area contributed by atoms with Crippen molar-refractivity contribution in [2.24, 2.45) is 0 Å². The van der Waals surface area contributed by atoms with Crippen LogP contribution in [0.3, 0.4) is 0 Å². The highest BCUT2D eigenvalue weighted by Gasteiger charge is 2.15. The molecule has 1 aromatic heterocycles. The van der Waals surface area contributed by atoms with E-state index in [0.717, 1.165) is 4.47 Å². The van der Waals surface area contributed by atoms with E-state index in [9.17, 15) is 5.11 Å². The molecular formula is C12H8BrCl2NO. The van der Waals surface area contributed by atoms with E-state index in [1.807, 2.05) is 6.07 Å². The number of nitrogens with zero attached hydrogens (tertiary/aromatic N) is 1. The Morgan fingerprint density at radius 3 is 2.53 bits per heavy atom. The molecule has 2 rings (SSSR count). The van der Waals surface area contributed by atoms with Crippen molar-refractivity contribution in [2.45, 2.75) is 6.10 Å². The molecule has 2 aromatic rings. The highest BCUT2D eigenvalue weighted by atomic mass is 79.9. The van der Waals surface area contributed by atoms with Gasteiger partial charge in [0.1, 0.15) is 6.10 Å². The lowest BCUT2D eigenvalue weighted by Gasteiger charge is -2.12. The number of pyridine rings is 1. The molecule has 17 heavy (non-hydrogen) atoms. The molecule has 0 radical (unpaired) electrons. The number of benzene rings is 1. The summed E-state index contributed by atoms with van der Waals surface area (Å²) in [5.41, 5.74) is 1.13. The molecule has 0 bridgehead atoms. The zero-order valence-corrected chi connectivity index (χ0v) is 11.7. The van der Waals surface area contributed by atoms with Crippen molar-refractivity contribution in [1.29, 1.82) is 0 Å². The van der Waals surface area contributed by atoms with Gasteiger partial charge in [-0.25, -0.2) is 0 Å². The summed E-state index contributed by atoms with van der Waals surface area (Å²) < 4.78 is 0.857. The Hall–Kier alpha value is -0.610. The molecule has 0 spiro atoms. The Balaban J connectivity index is 2.36. The summed E-state index contributed by atoms with van der Waals surface area (Å²) in [4.78, 5) is 4.13. The average molecular weight is 333 g/mol. The van der Waals surface area contributed by atoms with E-state index in [1.54, 1.807) is 30.5 Å². The van der Waals surface area contributed by atoms with E-state index in [2.05, 4.69) is 20.9 Å². The number of hydrogen-bond donors (Lipinski definition) is 1. The van der Waals surface area contributed by atoms with Crippen LogP contribution >= 0.6 is 39.1 Å². The maximum absolute atomic E-state index is 10.1. The number of aromatic nitrogens is 1. The summed E-state index contributed by atoms with van der Waals surface area (Å²) in [7, 11) is 0. The molecule has 2 nitrogen and oxygen atoms in total. The minimum absolute atomic E-state index is 0.426. The predicted octanol–water partition coefficient (Wildman–Crippen LogP) is 4.23. The van der Waals surface area contributed by atoms with Crippen LogP contribution in [0.2, 0.25) is 10.0 Å². The summed E-state index contributed by atoms with van der Waals surface area (Å²) in [5.74, 6) is 0. The molecule has 5 heteroatoms. The van der Waals surface area contributed by atoms with Crippen LogP contribution in [0, 0.1) is 0 Å². The van der Waals surface area contributed by atoms with E-state index in [0.29, 0.717) is 21.3 Å². The Bertz CT molecular complexity index is 531. The molecule has 1 atom stereocenters. The Kier molecular flexibility index (Phi) is 4.05. The van der Waals surface area contributed by atoms with E-state index in [4.69, 9.17) is 23.2 Å². The van der Waals surface area contributed by atoms with E-state index in [1.165, 1.54) is 0 Å². The molecule has 1 heterocycles. The minimum atomic E-state index is -0.854. The first-order valence-electron chi connectivity index (χ1n) is 4.82. The molecule has 0 saturated carbocycles. The number of rotatable bonds is 2. The van der Waals surface area contributed by atoms with E-state index < -0.39 is 6.10 Å². The summed E-state index contributed by atoms with van der Waals surface area (Å²) >= 11 is 15.1. The second-order valence-electron chi connectivity index (χ2n) is 3.47. The van der Waals surface area contributed by atoms with Gasteiger partial charge in [0.15, 0.2) is 0 Å². The lowest BCUT2D eigenvalue weighted by atomic mass is 10.1. The van der Waals surface area contributed by atoms with Gasteiger partial charge < -0.3 is 5.11 Å². The Morgan fingerprint density at radius 2 is 1.94 bits per heavy atom. The second-order valence-corrected chi connectivity index (χ2v) is 5.23. The van der Waals surface area contributed by atoms with Crippen LogP contribution in [0.15, 0.2) is 41.0 Å². The first kappa shape index (κ1) is 12.8. The Morgan fingerprint density at radius 1 is 1.18 bits per heavy atom. The molecule has 0 aliphatic rings. The van der Waals surface area contributed by atoms with Gasteiger partial charge in [-0.1, -0.05) is 29.3 Å². The van der Waals surface area contributed by atoms with Gasteiger partial charge in [-0.3, -0.25) is 4.98 Å². The fourth-order valence-corrected chi connectivity index (χ4v) is 2.18. The summed E-state index contributed by atoms with van der Waals surface area (Å²) in [6.45, 7) is 0. The maximum Gasteiger partial charge on any atom is 0.122 e. The SMILES string of the molecule is OC(c1ccc(Br)cn1)c1ccc(Cl)cc1Cl. The fraction of sp³-hybridized carbons (Fsp3) is 0.0833. The lowest BCUT2D eigenvalue weighted by molar-refractivity contribution is 0.215. The second kappa shape index (κ2) is 5.36. The van der Waals surface area contributed by atoms with Gasteiger partial charge in [0.2, 0.25) is 0 Å². The fourth-order valence-electron chi connectivity index (χ4n) is 1.43. The van der Waals surface area contributed by atoms with Gasteiger partial charge in [-0.2, -0.15) is 0 Å². The molecule has 1 aromatic carbocycles. The normalized spacial score (nSPS) is 12.5. The molecular weight excluding hydrogens is 325 g/mol. The van der Waals surface area contributed by atoms with Crippen molar-refractivity contribution in [3.05, 3.63) is 62.3 Å². The standard InChI is InChI=1S/C12H8BrCl2NO/c13-7-1-4-11(16-6-7)12(17)9-3-2-8(14)5-10(9)15/h1-6,12,17H. The third-order valence-electron chi connectivity index (χ3n) is 2.29. The van der Waals surface area contributed by atoms with Gasteiger partial charge in [0.05, 0.1) is 5.69 Å². The zero-order chi connectivity index (χ0) is 12.4. The number of aliphatic hydroxyl groups is 1. The third-order valence-corrected chi connectivity index (χ3v) is 3.32. The summed E-state index contributed by atoms with van der Waals surface area (Å²) in [6.07, 6.45) is 0.774. The molecule has 1 N–H and O–H groups in total. The number of hydrogen-bond acceptors (Lipinski definition) is 2. The molecule has 1 unspecified atom stereocenters. The van der Waals surface area contributed by atoms with Crippen LogP contribution in [0.5, 0.6) is 0 Å². The molecule has 0 aliphatic carbocycles. The van der Waals surface area contributed by atoms with Gasteiger partial charge in [-0.15, -0.1) is 0 Å². The van der Waals surface area contributed by atoms with Crippen LogP contribution in [-0.2, 0) is 0 Å². The molecule has 0 amide bonds. The van der Waals surface area contributed by atoms with Gasteiger partial charge >= 0.3 is 0 Å². The largest absolute Gasteiger partial charge is 0.382 e. The van der Waals surface area contributed by atoms with Crippen LogP contribution in [0.25, 0.3) is 0 Å². The third kappa shape index (κ3) is 2.99. The topological polar surface area (TPSA) is 33.1 Å². The van der Waals surface area contributed by atoms with E-state index in [-0.39, 0.29) is 0 Å². The summed E-state index contributed by atoms with van der Waals surface area (Å²) in [5, 5.41) is 11.1. The minimum Gasteiger partial charge on any atom is -0.382 e. The van der Waals surface area contributed by atoms with E-state index >= 15 is 0 Å². The van der Waals surface area contributed by atoms with Crippen LogP contribution in [0.4, 0.5) is 0 Å². The van der Waals surface area contributed by atoms with Crippen molar-refractivity contribution in [1.82, 2.24) is 4.98 Å². The lowest BCUT2D eigenvalue weighted by Crippen LogP contribution is -2.02.